The Kier molecular flexibility index (Phi) is 5.01. The van der Waals surface area contributed by atoms with Crippen LogP contribution in [0.4, 0.5) is 5.13 Å². The molecule has 0 unspecified atom stereocenters. The molecule has 0 atom stereocenters. The molecule has 1 aromatic carbocycles. The summed E-state index contributed by atoms with van der Waals surface area (Å²) in [5, 5.41) is 11.0. The second kappa shape index (κ2) is 7.46. The predicted molar refractivity (Wildman–Crippen MR) is 113 cm³/mol. The lowest BCUT2D eigenvalue weighted by Gasteiger charge is -2.05. The first-order chi connectivity index (χ1) is 13.4. The lowest BCUT2D eigenvalue weighted by atomic mass is 10.2. The number of aromatic nitrogens is 3. The number of amides is 1. The number of Topliss-reactive ketones (excluding diaryl/α,β-unsaturated/α-hetero) is 1. The molecule has 142 valence electrons. The summed E-state index contributed by atoms with van der Waals surface area (Å²) < 4.78 is 1.87. The number of aryl methyl sites for hydroxylation is 1. The van der Waals surface area contributed by atoms with Crippen molar-refractivity contribution in [1.29, 1.82) is 0 Å². The van der Waals surface area contributed by atoms with Crippen LogP contribution >= 0.6 is 34.3 Å². The van der Waals surface area contributed by atoms with Gasteiger partial charge in [-0.25, -0.2) is 4.98 Å². The quantitative estimate of drug-likeness (QED) is 0.451. The fourth-order valence-corrected chi connectivity index (χ4v) is 4.77. The lowest BCUT2D eigenvalue weighted by molar-refractivity contribution is 0.100. The van der Waals surface area contributed by atoms with Gasteiger partial charge in [0, 0.05) is 22.7 Å². The fourth-order valence-electron chi connectivity index (χ4n) is 2.77. The van der Waals surface area contributed by atoms with E-state index in [-0.39, 0.29) is 11.7 Å². The molecule has 0 saturated carbocycles. The van der Waals surface area contributed by atoms with Gasteiger partial charge in [-0.15, -0.1) is 22.7 Å². The van der Waals surface area contributed by atoms with Gasteiger partial charge in [0.15, 0.2) is 10.9 Å². The SMILES string of the molecule is CC(=O)c1csc(NC(=O)c2cc3c(C)nn(Cc4ccccc4Cl)c3s2)n1. The van der Waals surface area contributed by atoms with Crippen molar-refractivity contribution in [3.8, 4) is 0 Å². The van der Waals surface area contributed by atoms with Gasteiger partial charge in [-0.2, -0.15) is 5.10 Å². The van der Waals surface area contributed by atoms with Gasteiger partial charge in [-0.3, -0.25) is 19.6 Å². The zero-order valence-corrected chi connectivity index (χ0v) is 17.4. The Balaban J connectivity index is 1.61. The third-order valence-corrected chi connectivity index (χ3v) is 6.47. The zero-order valence-electron chi connectivity index (χ0n) is 15.0. The Labute approximate surface area is 173 Å². The minimum atomic E-state index is -0.255. The third-order valence-electron chi connectivity index (χ3n) is 4.19. The summed E-state index contributed by atoms with van der Waals surface area (Å²) in [5.74, 6) is -0.386. The van der Waals surface area contributed by atoms with Gasteiger partial charge in [-0.05, 0) is 24.6 Å². The first-order valence-corrected chi connectivity index (χ1v) is 10.5. The van der Waals surface area contributed by atoms with Crippen LogP contribution in [0.25, 0.3) is 10.2 Å². The highest BCUT2D eigenvalue weighted by Crippen LogP contribution is 2.30. The van der Waals surface area contributed by atoms with Gasteiger partial charge in [0.25, 0.3) is 5.91 Å². The number of nitrogens with one attached hydrogen (secondary N) is 1. The molecule has 0 aliphatic rings. The maximum absolute atomic E-state index is 12.6. The normalized spacial score (nSPS) is 11.1. The Morgan fingerprint density at radius 3 is 2.79 bits per heavy atom. The minimum Gasteiger partial charge on any atom is -0.297 e. The maximum atomic E-state index is 12.6. The molecule has 3 heterocycles. The average molecular weight is 431 g/mol. The summed E-state index contributed by atoms with van der Waals surface area (Å²) in [6.07, 6.45) is 0. The minimum absolute atomic E-state index is 0.131. The van der Waals surface area contributed by atoms with Crippen LogP contribution in [0.5, 0.6) is 0 Å². The van der Waals surface area contributed by atoms with E-state index in [1.165, 1.54) is 29.6 Å². The smallest absolute Gasteiger partial charge is 0.267 e. The first kappa shape index (κ1) is 18.8. The van der Waals surface area contributed by atoms with Crippen molar-refractivity contribution in [2.45, 2.75) is 20.4 Å². The van der Waals surface area contributed by atoms with Crippen LogP contribution < -0.4 is 5.32 Å². The summed E-state index contributed by atoms with van der Waals surface area (Å²) in [6, 6.07) is 9.47. The van der Waals surface area contributed by atoms with Crippen LogP contribution in [0.1, 0.15) is 38.3 Å². The Morgan fingerprint density at radius 1 is 1.29 bits per heavy atom. The molecule has 0 saturated heterocycles. The lowest BCUT2D eigenvalue weighted by Crippen LogP contribution is -2.10. The molecule has 0 spiro atoms. The predicted octanol–water partition coefficient (Wildman–Crippen LogP) is 5.02. The van der Waals surface area contributed by atoms with Crippen LogP contribution in [0.15, 0.2) is 35.7 Å². The molecule has 0 bridgehead atoms. The van der Waals surface area contributed by atoms with Gasteiger partial charge < -0.3 is 0 Å². The van der Waals surface area contributed by atoms with Crippen molar-refractivity contribution in [1.82, 2.24) is 14.8 Å². The number of hydrogen-bond acceptors (Lipinski definition) is 6. The molecule has 0 aliphatic carbocycles. The Bertz CT molecular complexity index is 1210. The number of anilines is 1. The number of rotatable bonds is 5. The number of thiophene rings is 1. The molecule has 1 amide bonds. The van der Waals surface area contributed by atoms with Crippen molar-refractivity contribution in [2.24, 2.45) is 0 Å². The molecular formula is C19H15ClN4O2S2. The summed E-state index contributed by atoms with van der Waals surface area (Å²) in [6.45, 7) is 3.89. The highest BCUT2D eigenvalue weighted by molar-refractivity contribution is 7.20. The monoisotopic (exact) mass is 430 g/mol. The summed E-state index contributed by atoms with van der Waals surface area (Å²) >= 11 is 8.86. The molecule has 28 heavy (non-hydrogen) atoms. The van der Waals surface area contributed by atoms with Gasteiger partial charge in [0.1, 0.15) is 10.5 Å². The zero-order chi connectivity index (χ0) is 19.8. The molecular weight excluding hydrogens is 416 g/mol. The summed E-state index contributed by atoms with van der Waals surface area (Å²) in [4.78, 5) is 29.6. The molecule has 0 aliphatic heterocycles. The molecule has 6 nitrogen and oxygen atoms in total. The number of carbonyl (C=O) groups excluding carboxylic acids is 2. The molecule has 4 rings (SSSR count). The molecule has 3 aromatic heterocycles. The van der Waals surface area contributed by atoms with E-state index in [0.29, 0.717) is 27.3 Å². The third kappa shape index (κ3) is 3.58. The van der Waals surface area contributed by atoms with E-state index in [4.69, 9.17) is 11.6 Å². The van der Waals surface area contributed by atoms with Gasteiger partial charge >= 0.3 is 0 Å². The second-order valence-corrected chi connectivity index (χ2v) is 8.51. The number of carbonyl (C=O) groups is 2. The van der Waals surface area contributed by atoms with Gasteiger partial charge in [0.05, 0.1) is 17.1 Å². The van der Waals surface area contributed by atoms with Crippen molar-refractivity contribution in [3.63, 3.8) is 0 Å². The Hall–Kier alpha value is -2.55. The number of benzene rings is 1. The largest absolute Gasteiger partial charge is 0.297 e. The van der Waals surface area contributed by atoms with Crippen LogP contribution in [0.2, 0.25) is 5.02 Å². The number of fused-ring (bicyclic) bond motifs is 1. The van der Waals surface area contributed by atoms with E-state index in [1.54, 1.807) is 5.38 Å². The van der Waals surface area contributed by atoms with E-state index in [0.717, 1.165) is 21.5 Å². The van der Waals surface area contributed by atoms with Crippen molar-refractivity contribution in [2.75, 3.05) is 5.32 Å². The summed E-state index contributed by atoms with van der Waals surface area (Å²) in [5.41, 5.74) is 2.17. The van der Waals surface area contributed by atoms with Crippen molar-refractivity contribution < 1.29 is 9.59 Å². The van der Waals surface area contributed by atoms with E-state index >= 15 is 0 Å². The van der Waals surface area contributed by atoms with E-state index in [9.17, 15) is 9.59 Å². The standard InChI is InChI=1S/C19H15ClN4O2S2/c1-10-13-7-16(17(26)22-19-21-15(9-27-19)11(2)25)28-18(13)24(23-10)8-12-5-3-4-6-14(12)20/h3-7,9H,8H2,1-2H3,(H,21,22,26). The molecule has 0 radical (unpaired) electrons. The molecule has 0 fully saturated rings. The maximum Gasteiger partial charge on any atom is 0.267 e. The highest BCUT2D eigenvalue weighted by Gasteiger charge is 2.18. The second-order valence-electron chi connectivity index (χ2n) is 6.21. The number of hydrogen-bond donors (Lipinski definition) is 1. The average Bonchev–Trinajstić information content (AvgIpc) is 3.35. The van der Waals surface area contributed by atoms with Gasteiger partial charge in [0.2, 0.25) is 0 Å². The van der Waals surface area contributed by atoms with E-state index in [2.05, 4.69) is 15.4 Å². The topological polar surface area (TPSA) is 76.9 Å². The molecule has 4 aromatic rings. The molecule has 1 N–H and O–H groups in total. The van der Waals surface area contributed by atoms with Crippen LogP contribution in [0, 0.1) is 6.92 Å². The van der Waals surface area contributed by atoms with Crippen LogP contribution in [-0.4, -0.2) is 26.5 Å². The summed E-state index contributed by atoms with van der Waals surface area (Å²) in [7, 11) is 0. The van der Waals surface area contributed by atoms with Crippen LogP contribution in [-0.2, 0) is 6.54 Å². The van der Waals surface area contributed by atoms with Gasteiger partial charge in [-0.1, -0.05) is 29.8 Å². The first-order valence-electron chi connectivity index (χ1n) is 8.40. The number of halogens is 1. The van der Waals surface area contributed by atoms with E-state index < -0.39 is 0 Å². The number of nitrogens with zero attached hydrogens (tertiary/aromatic N) is 3. The van der Waals surface area contributed by atoms with E-state index in [1.807, 2.05) is 41.9 Å². The van der Waals surface area contributed by atoms with Crippen molar-refractivity contribution in [3.05, 3.63) is 62.6 Å². The van der Waals surface area contributed by atoms with Crippen LogP contribution in [0.3, 0.4) is 0 Å². The number of ketones is 1. The fraction of sp³-hybridized carbons (Fsp3) is 0.158. The molecule has 9 heteroatoms. The number of thiazole rings is 1. The highest BCUT2D eigenvalue weighted by atomic mass is 35.5. The Morgan fingerprint density at radius 2 is 2.07 bits per heavy atom. The van der Waals surface area contributed by atoms with Crippen molar-refractivity contribution >= 4 is 61.3 Å².